The first kappa shape index (κ1) is 11.3. The number of carboxylic acids is 1. The molecule has 1 aliphatic heterocycles. The molecule has 1 saturated heterocycles. The topological polar surface area (TPSA) is 56.7 Å². The second-order valence-electron chi connectivity index (χ2n) is 3.73. The van der Waals surface area contributed by atoms with Crippen molar-refractivity contribution in [1.29, 1.82) is 0 Å². The third-order valence-electron chi connectivity index (χ3n) is 2.79. The van der Waals surface area contributed by atoms with Gasteiger partial charge >= 0.3 is 5.97 Å². The lowest BCUT2D eigenvalue weighted by Gasteiger charge is -2.33. The van der Waals surface area contributed by atoms with Crippen LogP contribution < -0.4 is 4.90 Å². The summed E-state index contributed by atoms with van der Waals surface area (Å²) in [5.74, 6) is -0.893. The van der Waals surface area contributed by atoms with Crippen molar-refractivity contribution in [3.63, 3.8) is 0 Å². The van der Waals surface area contributed by atoms with Gasteiger partial charge in [-0.2, -0.15) is 0 Å². The van der Waals surface area contributed by atoms with E-state index in [1.807, 2.05) is 0 Å². The van der Waals surface area contributed by atoms with E-state index in [4.69, 9.17) is 5.11 Å². The maximum absolute atomic E-state index is 10.7. The average Bonchev–Trinajstić information content (AvgIpc) is 2.78. The molecule has 0 saturated carbocycles. The molecule has 5 nitrogen and oxygen atoms in total. The Morgan fingerprint density at radius 1 is 1.50 bits per heavy atom. The molecule has 1 fully saturated rings. The van der Waals surface area contributed by atoms with E-state index in [0.717, 1.165) is 37.9 Å². The Morgan fingerprint density at radius 2 is 2.19 bits per heavy atom. The summed E-state index contributed by atoms with van der Waals surface area (Å²) in [6.45, 7) is 7.14. The Balaban J connectivity index is 2.00. The van der Waals surface area contributed by atoms with Gasteiger partial charge in [0, 0.05) is 26.2 Å². The molecule has 0 radical (unpaired) electrons. The number of likely N-dealkylation sites (N-methyl/N-ethyl adjacent to an activating group) is 1. The van der Waals surface area contributed by atoms with E-state index < -0.39 is 5.97 Å². The maximum atomic E-state index is 10.7. The van der Waals surface area contributed by atoms with E-state index in [1.54, 1.807) is 0 Å². The van der Waals surface area contributed by atoms with Gasteiger partial charge in [-0.25, -0.2) is 9.78 Å². The van der Waals surface area contributed by atoms with Gasteiger partial charge in [0.05, 0.1) is 6.20 Å². The van der Waals surface area contributed by atoms with Crippen molar-refractivity contribution in [2.75, 3.05) is 37.6 Å². The van der Waals surface area contributed by atoms with E-state index in [2.05, 4.69) is 21.7 Å². The van der Waals surface area contributed by atoms with Crippen LogP contribution in [0.15, 0.2) is 6.20 Å². The molecule has 0 amide bonds. The molecule has 0 bridgehead atoms. The summed E-state index contributed by atoms with van der Waals surface area (Å²) in [4.78, 5) is 19.7. The number of nitrogens with zero attached hydrogens (tertiary/aromatic N) is 3. The Kier molecular flexibility index (Phi) is 3.40. The third-order valence-corrected chi connectivity index (χ3v) is 3.84. The molecule has 0 spiro atoms. The Hall–Kier alpha value is -1.14. The second kappa shape index (κ2) is 4.80. The molecule has 1 aromatic rings. The van der Waals surface area contributed by atoms with Gasteiger partial charge in [-0.05, 0) is 6.54 Å². The summed E-state index contributed by atoms with van der Waals surface area (Å²) in [5.41, 5.74) is 0. The molecule has 1 aromatic heterocycles. The van der Waals surface area contributed by atoms with E-state index >= 15 is 0 Å². The third kappa shape index (κ3) is 2.33. The van der Waals surface area contributed by atoms with Gasteiger partial charge in [0.2, 0.25) is 0 Å². The minimum atomic E-state index is -0.893. The standard InChI is InChI=1S/C10H15N3O2S/c1-2-12-3-5-13(6-4-12)10-11-7-8(16-10)9(14)15/h7H,2-6H2,1H3,(H,14,15). The van der Waals surface area contributed by atoms with E-state index in [1.165, 1.54) is 17.5 Å². The number of hydrogen-bond acceptors (Lipinski definition) is 5. The highest BCUT2D eigenvalue weighted by molar-refractivity contribution is 7.17. The lowest BCUT2D eigenvalue weighted by Crippen LogP contribution is -2.46. The van der Waals surface area contributed by atoms with Crippen molar-refractivity contribution < 1.29 is 9.90 Å². The molecule has 6 heteroatoms. The summed E-state index contributed by atoms with van der Waals surface area (Å²) >= 11 is 1.25. The van der Waals surface area contributed by atoms with Gasteiger partial charge in [-0.3, -0.25) is 0 Å². The van der Waals surface area contributed by atoms with E-state index in [-0.39, 0.29) is 0 Å². The molecule has 0 aliphatic carbocycles. The van der Waals surface area contributed by atoms with Crippen LogP contribution in [0.3, 0.4) is 0 Å². The molecular formula is C10H15N3O2S. The van der Waals surface area contributed by atoms with Crippen LogP contribution in [0.2, 0.25) is 0 Å². The summed E-state index contributed by atoms with van der Waals surface area (Å²) in [6, 6.07) is 0. The number of aromatic carboxylic acids is 1. The smallest absolute Gasteiger partial charge is 0.347 e. The Bertz CT molecular complexity index is 372. The lowest BCUT2D eigenvalue weighted by molar-refractivity contribution is 0.0702. The number of hydrogen-bond donors (Lipinski definition) is 1. The minimum Gasteiger partial charge on any atom is -0.477 e. The maximum Gasteiger partial charge on any atom is 0.347 e. The van der Waals surface area contributed by atoms with Crippen molar-refractivity contribution >= 4 is 22.4 Å². The van der Waals surface area contributed by atoms with Crippen LogP contribution in [-0.2, 0) is 0 Å². The van der Waals surface area contributed by atoms with E-state index in [9.17, 15) is 4.79 Å². The van der Waals surface area contributed by atoms with Crippen LogP contribution in [0.5, 0.6) is 0 Å². The van der Waals surface area contributed by atoms with Crippen molar-refractivity contribution in [3.8, 4) is 0 Å². The molecule has 2 rings (SSSR count). The predicted molar refractivity (Wildman–Crippen MR) is 63.4 cm³/mol. The lowest BCUT2D eigenvalue weighted by atomic mass is 10.3. The fourth-order valence-corrected chi connectivity index (χ4v) is 2.57. The quantitative estimate of drug-likeness (QED) is 0.855. The van der Waals surface area contributed by atoms with Gasteiger partial charge in [0.25, 0.3) is 0 Å². The van der Waals surface area contributed by atoms with Crippen LogP contribution in [0.1, 0.15) is 16.6 Å². The van der Waals surface area contributed by atoms with Crippen LogP contribution in [0.4, 0.5) is 5.13 Å². The molecular weight excluding hydrogens is 226 g/mol. The summed E-state index contributed by atoms with van der Waals surface area (Å²) < 4.78 is 0. The fourth-order valence-electron chi connectivity index (χ4n) is 1.77. The monoisotopic (exact) mass is 241 g/mol. The van der Waals surface area contributed by atoms with Gasteiger partial charge in [0.15, 0.2) is 5.13 Å². The average molecular weight is 241 g/mol. The van der Waals surface area contributed by atoms with Crippen LogP contribution in [0.25, 0.3) is 0 Å². The highest BCUT2D eigenvalue weighted by Crippen LogP contribution is 2.23. The normalized spacial score (nSPS) is 17.7. The molecule has 0 atom stereocenters. The first-order valence-corrected chi connectivity index (χ1v) is 6.18. The highest BCUT2D eigenvalue weighted by Gasteiger charge is 2.19. The molecule has 1 aliphatic rings. The predicted octanol–water partition coefficient (Wildman–Crippen LogP) is 0.983. The SMILES string of the molecule is CCN1CCN(c2ncc(C(=O)O)s2)CC1. The number of rotatable bonds is 3. The van der Waals surface area contributed by atoms with Gasteiger partial charge in [-0.1, -0.05) is 18.3 Å². The Morgan fingerprint density at radius 3 is 2.69 bits per heavy atom. The molecule has 2 heterocycles. The number of piperazine rings is 1. The minimum absolute atomic E-state index is 0.313. The molecule has 0 aromatic carbocycles. The van der Waals surface area contributed by atoms with Gasteiger partial charge in [-0.15, -0.1) is 0 Å². The number of anilines is 1. The number of thiazole rings is 1. The van der Waals surface area contributed by atoms with Gasteiger partial charge in [0.1, 0.15) is 4.88 Å². The summed E-state index contributed by atoms with van der Waals surface area (Å²) in [7, 11) is 0. The van der Waals surface area contributed by atoms with Crippen LogP contribution >= 0.6 is 11.3 Å². The molecule has 0 unspecified atom stereocenters. The second-order valence-corrected chi connectivity index (χ2v) is 4.74. The van der Waals surface area contributed by atoms with Crippen molar-refractivity contribution in [2.24, 2.45) is 0 Å². The van der Waals surface area contributed by atoms with Gasteiger partial charge < -0.3 is 14.9 Å². The van der Waals surface area contributed by atoms with Crippen molar-refractivity contribution in [1.82, 2.24) is 9.88 Å². The fraction of sp³-hybridized carbons (Fsp3) is 0.600. The Labute approximate surface area is 98.3 Å². The van der Waals surface area contributed by atoms with Crippen molar-refractivity contribution in [2.45, 2.75) is 6.92 Å². The zero-order valence-electron chi connectivity index (χ0n) is 9.22. The van der Waals surface area contributed by atoms with E-state index in [0.29, 0.717) is 4.88 Å². The zero-order chi connectivity index (χ0) is 11.5. The molecule has 16 heavy (non-hydrogen) atoms. The summed E-state index contributed by atoms with van der Waals surface area (Å²) in [5, 5.41) is 9.65. The largest absolute Gasteiger partial charge is 0.477 e. The number of aromatic nitrogens is 1. The zero-order valence-corrected chi connectivity index (χ0v) is 10.0. The summed E-state index contributed by atoms with van der Waals surface area (Å²) in [6.07, 6.45) is 1.44. The van der Waals surface area contributed by atoms with Crippen molar-refractivity contribution in [3.05, 3.63) is 11.1 Å². The van der Waals surface area contributed by atoms with Crippen LogP contribution in [-0.4, -0.2) is 53.7 Å². The first-order valence-electron chi connectivity index (χ1n) is 5.37. The van der Waals surface area contributed by atoms with Crippen LogP contribution in [0, 0.1) is 0 Å². The molecule has 88 valence electrons. The first-order chi connectivity index (χ1) is 7.70. The highest BCUT2D eigenvalue weighted by atomic mass is 32.1. The number of carboxylic acid groups (broad SMARTS) is 1. The molecule has 1 N–H and O–H groups in total. The number of carbonyl (C=O) groups is 1.